The third kappa shape index (κ3) is 5.07. The second kappa shape index (κ2) is 7.64. The van der Waals surface area contributed by atoms with Crippen molar-refractivity contribution in [2.75, 3.05) is 26.2 Å². The van der Waals surface area contributed by atoms with E-state index < -0.39 is 0 Å². The van der Waals surface area contributed by atoms with Crippen LogP contribution in [0.5, 0.6) is 0 Å². The van der Waals surface area contributed by atoms with Crippen LogP contribution in [0.3, 0.4) is 0 Å². The molecule has 2 fully saturated rings. The van der Waals surface area contributed by atoms with Gasteiger partial charge < -0.3 is 10.2 Å². The first kappa shape index (κ1) is 15.3. The largest absolute Gasteiger partial charge is 0.314 e. The van der Waals surface area contributed by atoms with Gasteiger partial charge >= 0.3 is 0 Å². The molecule has 3 atom stereocenters. The van der Waals surface area contributed by atoms with Gasteiger partial charge in [0.2, 0.25) is 0 Å². The molecule has 1 saturated carbocycles. The van der Waals surface area contributed by atoms with Crippen LogP contribution in [0.4, 0.5) is 0 Å². The average molecular weight is 266 g/mol. The van der Waals surface area contributed by atoms with Gasteiger partial charge in [-0.05, 0) is 82.5 Å². The Morgan fingerprint density at radius 2 is 1.68 bits per heavy atom. The molecule has 1 aliphatic carbocycles. The van der Waals surface area contributed by atoms with Gasteiger partial charge in [0, 0.05) is 6.04 Å². The highest BCUT2D eigenvalue weighted by Crippen LogP contribution is 2.29. The van der Waals surface area contributed by atoms with E-state index in [1.807, 2.05) is 0 Å². The Kier molecular flexibility index (Phi) is 6.15. The van der Waals surface area contributed by atoms with Gasteiger partial charge in [-0.3, -0.25) is 0 Å². The summed E-state index contributed by atoms with van der Waals surface area (Å²) in [5.74, 6) is 2.81. The second-order valence-corrected chi connectivity index (χ2v) is 7.30. The minimum absolute atomic E-state index is 0.799. The molecule has 2 rings (SSSR count). The number of nitrogens with one attached hydrogen (secondary N) is 1. The molecule has 19 heavy (non-hydrogen) atoms. The van der Waals surface area contributed by atoms with E-state index in [1.54, 1.807) is 0 Å². The van der Waals surface area contributed by atoms with Gasteiger partial charge in [-0.2, -0.15) is 0 Å². The van der Waals surface area contributed by atoms with Gasteiger partial charge in [-0.1, -0.05) is 20.8 Å². The number of hydrogen-bond acceptors (Lipinski definition) is 2. The smallest absolute Gasteiger partial charge is 0.00698 e. The molecule has 0 spiro atoms. The fourth-order valence-electron chi connectivity index (χ4n) is 3.63. The first-order chi connectivity index (χ1) is 9.15. The number of nitrogens with zero attached hydrogens (tertiary/aromatic N) is 1. The lowest BCUT2D eigenvalue weighted by atomic mass is 9.79. The zero-order chi connectivity index (χ0) is 13.7. The van der Waals surface area contributed by atoms with E-state index in [9.17, 15) is 0 Å². The van der Waals surface area contributed by atoms with Crippen molar-refractivity contribution in [1.82, 2.24) is 10.2 Å². The summed E-state index contributed by atoms with van der Waals surface area (Å²) in [6.45, 7) is 12.4. The van der Waals surface area contributed by atoms with Crippen LogP contribution in [-0.2, 0) is 0 Å². The summed E-state index contributed by atoms with van der Waals surface area (Å²) >= 11 is 0. The topological polar surface area (TPSA) is 15.3 Å². The highest BCUT2D eigenvalue weighted by atomic mass is 15.1. The molecule has 3 unspecified atom stereocenters. The van der Waals surface area contributed by atoms with Crippen LogP contribution in [0.25, 0.3) is 0 Å². The highest BCUT2D eigenvalue weighted by molar-refractivity contribution is 4.79. The van der Waals surface area contributed by atoms with Gasteiger partial charge in [-0.25, -0.2) is 0 Å². The molecular weight excluding hydrogens is 232 g/mol. The van der Waals surface area contributed by atoms with Crippen LogP contribution in [-0.4, -0.2) is 37.1 Å². The van der Waals surface area contributed by atoms with Gasteiger partial charge in [0.1, 0.15) is 0 Å². The van der Waals surface area contributed by atoms with Crippen molar-refractivity contribution in [3.63, 3.8) is 0 Å². The fourth-order valence-corrected chi connectivity index (χ4v) is 3.63. The molecule has 1 aliphatic heterocycles. The molecule has 2 heteroatoms. The Balaban J connectivity index is 1.52. The maximum Gasteiger partial charge on any atom is 0.00698 e. The lowest BCUT2D eigenvalue weighted by Crippen LogP contribution is -2.39. The summed E-state index contributed by atoms with van der Waals surface area (Å²) in [4.78, 5) is 2.66. The van der Waals surface area contributed by atoms with Crippen LogP contribution < -0.4 is 5.32 Å². The normalized spacial score (nSPS) is 34.6. The molecule has 0 aromatic heterocycles. The van der Waals surface area contributed by atoms with E-state index in [2.05, 4.69) is 31.0 Å². The van der Waals surface area contributed by atoms with Crippen molar-refractivity contribution >= 4 is 0 Å². The quantitative estimate of drug-likeness (QED) is 0.766. The zero-order valence-corrected chi connectivity index (χ0v) is 13.3. The van der Waals surface area contributed by atoms with Gasteiger partial charge in [0.05, 0.1) is 0 Å². The van der Waals surface area contributed by atoms with E-state index in [1.165, 1.54) is 64.7 Å². The second-order valence-electron chi connectivity index (χ2n) is 7.30. The summed E-state index contributed by atoms with van der Waals surface area (Å²) < 4.78 is 0. The molecule has 0 bridgehead atoms. The monoisotopic (exact) mass is 266 g/mol. The Morgan fingerprint density at radius 3 is 2.37 bits per heavy atom. The van der Waals surface area contributed by atoms with Crippen LogP contribution in [0.15, 0.2) is 0 Å². The summed E-state index contributed by atoms with van der Waals surface area (Å²) in [7, 11) is 0. The summed E-state index contributed by atoms with van der Waals surface area (Å²) in [6, 6.07) is 0.799. The van der Waals surface area contributed by atoms with Crippen molar-refractivity contribution in [3.05, 3.63) is 0 Å². The van der Waals surface area contributed by atoms with Crippen LogP contribution >= 0.6 is 0 Å². The summed E-state index contributed by atoms with van der Waals surface area (Å²) in [5, 5.41) is 3.79. The summed E-state index contributed by atoms with van der Waals surface area (Å²) in [6.07, 6.45) is 8.35. The molecule has 112 valence electrons. The van der Waals surface area contributed by atoms with Crippen molar-refractivity contribution in [3.8, 4) is 0 Å². The van der Waals surface area contributed by atoms with Crippen LogP contribution in [0.2, 0.25) is 0 Å². The van der Waals surface area contributed by atoms with E-state index in [0.717, 1.165) is 23.8 Å². The van der Waals surface area contributed by atoms with Crippen LogP contribution in [0.1, 0.15) is 59.3 Å². The Morgan fingerprint density at radius 1 is 0.947 bits per heavy atom. The van der Waals surface area contributed by atoms with Crippen molar-refractivity contribution in [2.24, 2.45) is 17.8 Å². The molecular formula is C17H34N2. The van der Waals surface area contributed by atoms with Gasteiger partial charge in [0.15, 0.2) is 0 Å². The van der Waals surface area contributed by atoms with E-state index in [4.69, 9.17) is 0 Å². The predicted molar refractivity (Wildman–Crippen MR) is 83.4 cm³/mol. The molecule has 0 radical (unpaired) electrons. The van der Waals surface area contributed by atoms with E-state index in [0.29, 0.717) is 0 Å². The van der Waals surface area contributed by atoms with Gasteiger partial charge in [0.25, 0.3) is 0 Å². The van der Waals surface area contributed by atoms with Crippen molar-refractivity contribution in [2.45, 2.75) is 65.3 Å². The minimum Gasteiger partial charge on any atom is -0.314 e. The summed E-state index contributed by atoms with van der Waals surface area (Å²) in [5.41, 5.74) is 0. The lowest BCUT2D eigenvalue weighted by Gasteiger charge is -2.33. The van der Waals surface area contributed by atoms with E-state index >= 15 is 0 Å². The molecule has 0 aromatic rings. The number of piperidine rings is 1. The molecule has 1 heterocycles. The van der Waals surface area contributed by atoms with Crippen LogP contribution in [0, 0.1) is 17.8 Å². The molecule has 1 saturated heterocycles. The third-order valence-corrected chi connectivity index (χ3v) is 5.56. The van der Waals surface area contributed by atoms with Crippen molar-refractivity contribution in [1.29, 1.82) is 0 Å². The van der Waals surface area contributed by atoms with Crippen molar-refractivity contribution < 1.29 is 0 Å². The molecule has 2 aliphatic rings. The minimum atomic E-state index is 0.799. The Labute approximate surface area is 120 Å². The number of likely N-dealkylation sites (tertiary alicyclic amines) is 1. The maximum absolute atomic E-state index is 3.79. The molecule has 1 N–H and O–H groups in total. The third-order valence-electron chi connectivity index (χ3n) is 5.56. The Bertz CT molecular complexity index is 246. The molecule has 2 nitrogen and oxygen atoms in total. The maximum atomic E-state index is 3.79. The number of hydrogen-bond donors (Lipinski definition) is 1. The molecule has 0 amide bonds. The standard InChI is InChI=1S/C17H34N2/c1-14-7-11-19(12-8-14)10-4-9-18-17-6-5-15(2)16(3)13-17/h14-18H,4-13H2,1-3H3. The number of rotatable bonds is 5. The van der Waals surface area contributed by atoms with Gasteiger partial charge in [-0.15, -0.1) is 0 Å². The van der Waals surface area contributed by atoms with E-state index in [-0.39, 0.29) is 0 Å². The fraction of sp³-hybridized carbons (Fsp3) is 1.00. The Hall–Kier alpha value is -0.0800. The lowest BCUT2D eigenvalue weighted by molar-refractivity contribution is 0.186. The average Bonchev–Trinajstić information content (AvgIpc) is 2.41. The highest BCUT2D eigenvalue weighted by Gasteiger charge is 2.23. The zero-order valence-electron chi connectivity index (χ0n) is 13.3. The predicted octanol–water partition coefficient (Wildman–Crippen LogP) is 3.52. The first-order valence-corrected chi connectivity index (χ1v) is 8.61. The SMILES string of the molecule is CC1CCN(CCCNC2CCC(C)C(C)C2)CC1. The first-order valence-electron chi connectivity index (χ1n) is 8.61. The molecule has 0 aromatic carbocycles.